The topological polar surface area (TPSA) is 78.1 Å². The van der Waals surface area contributed by atoms with Crippen molar-refractivity contribution in [1.29, 1.82) is 0 Å². The minimum absolute atomic E-state index is 0.0316. The van der Waals surface area contributed by atoms with Gasteiger partial charge < -0.3 is 15.2 Å². The van der Waals surface area contributed by atoms with E-state index in [1.54, 1.807) is 0 Å². The van der Waals surface area contributed by atoms with Gasteiger partial charge in [0.25, 0.3) is 5.91 Å². The van der Waals surface area contributed by atoms with Gasteiger partial charge in [-0.2, -0.15) is 0 Å². The first-order valence-corrected chi connectivity index (χ1v) is 9.65. The van der Waals surface area contributed by atoms with E-state index in [0.717, 1.165) is 40.7 Å². The van der Waals surface area contributed by atoms with Crippen molar-refractivity contribution in [3.63, 3.8) is 0 Å². The van der Waals surface area contributed by atoms with Crippen molar-refractivity contribution < 1.29 is 9.59 Å². The van der Waals surface area contributed by atoms with E-state index in [-0.39, 0.29) is 17.7 Å². The molecule has 1 saturated carbocycles. The number of carbonyl (C=O) groups excluding carboxylic acids is 2. The monoisotopic (exact) mass is 366 g/mol. The number of aromatic nitrogens is 2. The van der Waals surface area contributed by atoms with Crippen LogP contribution in [0.25, 0.3) is 10.9 Å². The standard InChI is InChI=1S/C19H18N4O2S/c24-17(12-2-3-12)22-19-21-14-6-8-23(10-16(14)26-19)18(25)13-4-1-11-5-7-20-15(11)9-13/h1,4-5,7,9,12,20H,2-3,6,8,10H2,(H,21,22,24). The highest BCUT2D eigenvalue weighted by molar-refractivity contribution is 7.15. The van der Waals surface area contributed by atoms with E-state index in [2.05, 4.69) is 15.3 Å². The molecule has 2 aliphatic rings. The smallest absolute Gasteiger partial charge is 0.254 e. The Labute approximate surface area is 154 Å². The SMILES string of the molecule is O=C(Nc1nc2c(s1)CN(C(=O)c1ccc3cc[nH]c3c1)CC2)C1CC1. The summed E-state index contributed by atoms with van der Waals surface area (Å²) >= 11 is 1.49. The number of benzene rings is 1. The maximum Gasteiger partial charge on any atom is 0.254 e. The van der Waals surface area contributed by atoms with E-state index in [1.165, 1.54) is 11.3 Å². The number of amides is 2. The number of thiazole rings is 1. The Bertz CT molecular complexity index is 1020. The molecule has 0 spiro atoms. The van der Waals surface area contributed by atoms with Crippen LogP contribution in [0.2, 0.25) is 0 Å². The van der Waals surface area contributed by atoms with Crippen molar-refractivity contribution in [2.24, 2.45) is 5.92 Å². The fourth-order valence-electron chi connectivity index (χ4n) is 3.34. The van der Waals surface area contributed by atoms with Gasteiger partial charge in [0.15, 0.2) is 5.13 Å². The molecule has 7 heteroatoms. The molecule has 6 nitrogen and oxygen atoms in total. The van der Waals surface area contributed by atoms with Gasteiger partial charge in [0, 0.05) is 41.0 Å². The number of nitrogens with one attached hydrogen (secondary N) is 2. The van der Waals surface area contributed by atoms with Crippen molar-refractivity contribution in [2.45, 2.75) is 25.8 Å². The fraction of sp³-hybridized carbons (Fsp3) is 0.316. The molecule has 3 aromatic rings. The first-order valence-electron chi connectivity index (χ1n) is 8.83. The van der Waals surface area contributed by atoms with Crippen LogP contribution in [0.4, 0.5) is 5.13 Å². The molecule has 0 atom stereocenters. The lowest BCUT2D eigenvalue weighted by atomic mass is 10.1. The highest BCUT2D eigenvalue weighted by Crippen LogP contribution is 2.33. The van der Waals surface area contributed by atoms with Gasteiger partial charge in [-0.3, -0.25) is 9.59 Å². The first kappa shape index (κ1) is 15.6. The molecule has 0 radical (unpaired) electrons. The molecule has 0 bridgehead atoms. The van der Waals surface area contributed by atoms with Gasteiger partial charge in [0.1, 0.15) is 0 Å². The molecule has 0 saturated heterocycles. The number of H-pyrrole nitrogens is 1. The van der Waals surface area contributed by atoms with Crippen molar-refractivity contribution in [2.75, 3.05) is 11.9 Å². The Kier molecular flexibility index (Phi) is 3.56. The third kappa shape index (κ3) is 2.78. The van der Waals surface area contributed by atoms with E-state index in [9.17, 15) is 9.59 Å². The number of aromatic amines is 1. The number of carbonyl (C=O) groups is 2. The lowest BCUT2D eigenvalue weighted by Gasteiger charge is -2.26. The fourth-order valence-corrected chi connectivity index (χ4v) is 4.37. The largest absolute Gasteiger partial charge is 0.361 e. The summed E-state index contributed by atoms with van der Waals surface area (Å²) in [5.74, 6) is 0.268. The molecule has 1 aliphatic carbocycles. The summed E-state index contributed by atoms with van der Waals surface area (Å²) in [5.41, 5.74) is 2.66. The van der Waals surface area contributed by atoms with Gasteiger partial charge in [0.05, 0.1) is 12.2 Å². The van der Waals surface area contributed by atoms with Crippen LogP contribution in [0.5, 0.6) is 0 Å². The Balaban J connectivity index is 1.33. The molecule has 2 aromatic heterocycles. The maximum atomic E-state index is 12.9. The average molecular weight is 366 g/mol. The van der Waals surface area contributed by atoms with E-state index < -0.39 is 0 Å². The van der Waals surface area contributed by atoms with Crippen molar-refractivity contribution in [3.8, 4) is 0 Å². The third-order valence-corrected chi connectivity index (χ3v) is 6.00. The predicted octanol–water partition coefficient (Wildman–Crippen LogP) is 3.17. The van der Waals surface area contributed by atoms with Gasteiger partial charge in [-0.25, -0.2) is 4.98 Å². The van der Waals surface area contributed by atoms with Crippen molar-refractivity contribution in [1.82, 2.24) is 14.9 Å². The van der Waals surface area contributed by atoms with Crippen molar-refractivity contribution in [3.05, 3.63) is 46.6 Å². The highest BCUT2D eigenvalue weighted by Gasteiger charge is 2.31. The van der Waals surface area contributed by atoms with Crippen LogP contribution >= 0.6 is 11.3 Å². The Morgan fingerprint density at radius 3 is 3.00 bits per heavy atom. The second kappa shape index (κ2) is 5.95. The second-order valence-electron chi connectivity index (χ2n) is 6.91. The predicted molar refractivity (Wildman–Crippen MR) is 100 cm³/mol. The van der Waals surface area contributed by atoms with E-state index in [0.29, 0.717) is 23.8 Å². The van der Waals surface area contributed by atoms with Crippen LogP contribution in [0, 0.1) is 5.92 Å². The van der Waals surface area contributed by atoms with Gasteiger partial charge >= 0.3 is 0 Å². The van der Waals surface area contributed by atoms with E-state index in [4.69, 9.17) is 0 Å². The van der Waals surface area contributed by atoms with E-state index in [1.807, 2.05) is 35.4 Å². The molecule has 3 heterocycles. The number of anilines is 1. The van der Waals surface area contributed by atoms with E-state index >= 15 is 0 Å². The van der Waals surface area contributed by atoms with Crippen LogP contribution in [0.15, 0.2) is 30.5 Å². The Hall–Kier alpha value is -2.67. The number of fused-ring (bicyclic) bond motifs is 2. The lowest BCUT2D eigenvalue weighted by Crippen LogP contribution is -2.35. The summed E-state index contributed by atoms with van der Waals surface area (Å²) in [6.45, 7) is 1.20. The summed E-state index contributed by atoms with van der Waals surface area (Å²) in [5, 5.41) is 4.67. The molecule has 2 amide bonds. The summed E-state index contributed by atoms with van der Waals surface area (Å²) in [6, 6.07) is 7.74. The molecular formula is C19H18N4O2S. The average Bonchev–Trinajstić information content (AvgIpc) is 3.27. The quantitative estimate of drug-likeness (QED) is 0.747. The van der Waals surface area contributed by atoms with Crippen LogP contribution in [-0.4, -0.2) is 33.2 Å². The molecular weight excluding hydrogens is 348 g/mol. The molecule has 0 unspecified atom stereocenters. The molecule has 26 heavy (non-hydrogen) atoms. The zero-order valence-electron chi connectivity index (χ0n) is 14.1. The second-order valence-corrected chi connectivity index (χ2v) is 7.99. The third-order valence-electron chi connectivity index (χ3n) is 5.00. The zero-order chi connectivity index (χ0) is 17.7. The summed E-state index contributed by atoms with van der Waals surface area (Å²) in [6.07, 6.45) is 4.55. The summed E-state index contributed by atoms with van der Waals surface area (Å²) in [4.78, 5) is 35.4. The molecule has 1 aliphatic heterocycles. The molecule has 2 N–H and O–H groups in total. The number of hydrogen-bond donors (Lipinski definition) is 2. The summed E-state index contributed by atoms with van der Waals surface area (Å²) < 4.78 is 0. The first-order chi connectivity index (χ1) is 12.7. The minimum Gasteiger partial charge on any atom is -0.361 e. The summed E-state index contributed by atoms with van der Waals surface area (Å²) in [7, 11) is 0. The molecule has 5 rings (SSSR count). The van der Waals surface area contributed by atoms with Crippen LogP contribution < -0.4 is 5.32 Å². The van der Waals surface area contributed by atoms with Crippen LogP contribution in [-0.2, 0) is 17.8 Å². The number of hydrogen-bond acceptors (Lipinski definition) is 4. The minimum atomic E-state index is 0.0316. The highest BCUT2D eigenvalue weighted by atomic mass is 32.1. The normalized spacial score (nSPS) is 16.5. The molecule has 1 fully saturated rings. The zero-order valence-corrected chi connectivity index (χ0v) is 14.9. The van der Waals surface area contributed by atoms with Crippen LogP contribution in [0.3, 0.4) is 0 Å². The number of nitrogens with zero attached hydrogens (tertiary/aromatic N) is 2. The van der Waals surface area contributed by atoms with Gasteiger partial charge in [0.2, 0.25) is 5.91 Å². The number of rotatable bonds is 3. The molecule has 132 valence electrons. The van der Waals surface area contributed by atoms with Crippen molar-refractivity contribution >= 4 is 39.2 Å². The van der Waals surface area contributed by atoms with Gasteiger partial charge in [-0.1, -0.05) is 17.4 Å². The Morgan fingerprint density at radius 2 is 2.15 bits per heavy atom. The maximum absolute atomic E-state index is 12.9. The Morgan fingerprint density at radius 1 is 1.27 bits per heavy atom. The van der Waals surface area contributed by atoms with Gasteiger partial charge in [-0.05, 0) is 36.4 Å². The van der Waals surface area contributed by atoms with Crippen LogP contribution in [0.1, 0.15) is 33.8 Å². The van der Waals surface area contributed by atoms with Gasteiger partial charge in [-0.15, -0.1) is 0 Å². The molecule has 1 aromatic carbocycles. The lowest BCUT2D eigenvalue weighted by molar-refractivity contribution is -0.117.